The second kappa shape index (κ2) is 7.37. The highest BCUT2D eigenvalue weighted by molar-refractivity contribution is 5.78. The maximum atomic E-state index is 11.9. The number of aromatic nitrogens is 1. The minimum absolute atomic E-state index is 0.0104. The summed E-state index contributed by atoms with van der Waals surface area (Å²) < 4.78 is 11.4. The van der Waals surface area contributed by atoms with Crippen molar-refractivity contribution >= 4 is 17.5 Å². The third-order valence-corrected chi connectivity index (χ3v) is 5.12. The lowest BCUT2D eigenvalue weighted by molar-refractivity contribution is -0.121. The second-order valence-electron chi connectivity index (χ2n) is 6.81. The molecule has 1 aromatic carbocycles. The zero-order valence-corrected chi connectivity index (χ0v) is 15.8. The summed E-state index contributed by atoms with van der Waals surface area (Å²) in [6.07, 6.45) is 4.69. The first-order chi connectivity index (χ1) is 13.6. The monoisotopic (exact) mass is 379 g/mol. The number of ether oxygens (including phenoxy) is 2. The topological polar surface area (TPSA) is 80.8 Å². The van der Waals surface area contributed by atoms with Crippen LogP contribution in [0.5, 0.6) is 5.75 Å². The first-order valence-corrected chi connectivity index (χ1v) is 9.27. The third-order valence-electron chi connectivity index (χ3n) is 5.12. The molecule has 0 saturated carbocycles. The average molecular weight is 379 g/mol. The fourth-order valence-corrected chi connectivity index (χ4v) is 3.61. The second-order valence-corrected chi connectivity index (χ2v) is 6.81. The number of pyridine rings is 1. The van der Waals surface area contributed by atoms with Crippen LogP contribution in [0, 0.1) is 0 Å². The van der Waals surface area contributed by atoms with Crippen LogP contribution < -0.4 is 15.0 Å². The third kappa shape index (κ3) is 3.10. The molecule has 1 amide bonds. The van der Waals surface area contributed by atoms with Crippen molar-refractivity contribution in [2.24, 2.45) is 0 Å². The Morgan fingerprint density at radius 1 is 1.36 bits per heavy atom. The molecular weight excluding hydrogens is 358 g/mol. The Morgan fingerprint density at radius 2 is 2.21 bits per heavy atom. The van der Waals surface area contributed by atoms with E-state index >= 15 is 0 Å². The number of hydrogen-bond acceptors (Lipinski definition) is 6. The van der Waals surface area contributed by atoms with Crippen molar-refractivity contribution in [3.63, 3.8) is 0 Å². The normalized spacial score (nSPS) is 17.6. The number of nitrogens with one attached hydrogen (secondary N) is 1. The molecule has 0 bridgehead atoms. The van der Waals surface area contributed by atoms with Crippen LogP contribution in [0.3, 0.4) is 0 Å². The Kier molecular flexibility index (Phi) is 4.75. The summed E-state index contributed by atoms with van der Waals surface area (Å²) in [5.74, 6) is 2.75. The van der Waals surface area contributed by atoms with E-state index < -0.39 is 0 Å². The maximum absolute atomic E-state index is 11.9. The molecule has 144 valence electrons. The van der Waals surface area contributed by atoms with Gasteiger partial charge in [0.2, 0.25) is 5.91 Å². The lowest BCUT2D eigenvalue weighted by atomic mass is 9.95. The van der Waals surface area contributed by atoms with Crippen LogP contribution in [-0.2, 0) is 20.9 Å². The molecule has 28 heavy (non-hydrogen) atoms. The fraction of sp³-hybridized carbons (Fsp3) is 0.333. The fourth-order valence-electron chi connectivity index (χ4n) is 3.61. The van der Waals surface area contributed by atoms with Crippen LogP contribution in [0.4, 0.5) is 5.69 Å². The Bertz CT molecular complexity index is 982. The van der Waals surface area contributed by atoms with E-state index in [-0.39, 0.29) is 17.8 Å². The zero-order chi connectivity index (χ0) is 19.7. The molecular formula is C21H21N3O4. The molecule has 2 aliphatic rings. The number of carbonyl (C=O) groups excluding carboxylic acids is 2. The van der Waals surface area contributed by atoms with Gasteiger partial charge in [0, 0.05) is 49.0 Å². The summed E-state index contributed by atoms with van der Waals surface area (Å²) in [5.41, 5.74) is 4.57. The van der Waals surface area contributed by atoms with Gasteiger partial charge in [-0.3, -0.25) is 9.78 Å². The number of amides is 1. The van der Waals surface area contributed by atoms with E-state index in [4.69, 9.17) is 9.47 Å². The highest BCUT2D eigenvalue weighted by atomic mass is 16.5. The van der Waals surface area contributed by atoms with Gasteiger partial charge in [-0.15, -0.1) is 0 Å². The number of hydrogen-bond donors (Lipinski definition) is 1. The molecule has 1 aromatic heterocycles. The Morgan fingerprint density at radius 3 is 3.00 bits per heavy atom. The molecule has 0 fully saturated rings. The summed E-state index contributed by atoms with van der Waals surface area (Å²) in [6, 6.07) is 5.83. The zero-order valence-electron chi connectivity index (χ0n) is 15.8. The van der Waals surface area contributed by atoms with Gasteiger partial charge in [-0.05, 0) is 17.7 Å². The van der Waals surface area contributed by atoms with Gasteiger partial charge >= 0.3 is 0 Å². The molecule has 1 atom stereocenters. The molecule has 4 rings (SSSR count). The number of anilines is 1. The van der Waals surface area contributed by atoms with Crippen LogP contribution in [-0.4, -0.2) is 30.5 Å². The van der Waals surface area contributed by atoms with Gasteiger partial charge in [0.05, 0.1) is 18.3 Å². The molecule has 7 nitrogen and oxygen atoms in total. The van der Waals surface area contributed by atoms with Gasteiger partial charge in [0.15, 0.2) is 5.94 Å². The summed E-state index contributed by atoms with van der Waals surface area (Å²) in [4.78, 5) is 28.9. The van der Waals surface area contributed by atoms with E-state index in [9.17, 15) is 9.59 Å². The average Bonchev–Trinajstić information content (AvgIpc) is 2.73. The van der Waals surface area contributed by atoms with Crippen molar-refractivity contribution in [1.82, 2.24) is 10.3 Å². The molecule has 0 spiro atoms. The summed E-state index contributed by atoms with van der Waals surface area (Å²) in [6.45, 7) is 2.67. The van der Waals surface area contributed by atoms with Crippen molar-refractivity contribution in [3.8, 4) is 16.9 Å². The van der Waals surface area contributed by atoms with Gasteiger partial charge in [-0.1, -0.05) is 13.0 Å². The van der Waals surface area contributed by atoms with Gasteiger partial charge in [0.1, 0.15) is 12.4 Å². The molecule has 0 radical (unpaired) electrons. The van der Waals surface area contributed by atoms with Crippen LogP contribution >= 0.6 is 0 Å². The van der Waals surface area contributed by atoms with Crippen molar-refractivity contribution in [2.45, 2.75) is 32.4 Å². The van der Waals surface area contributed by atoms with Crippen molar-refractivity contribution < 1.29 is 19.1 Å². The van der Waals surface area contributed by atoms with Gasteiger partial charge < -0.3 is 19.7 Å². The predicted octanol–water partition coefficient (Wildman–Crippen LogP) is 2.74. The molecule has 7 heteroatoms. The summed E-state index contributed by atoms with van der Waals surface area (Å²) >= 11 is 0. The van der Waals surface area contributed by atoms with Crippen LogP contribution in [0.2, 0.25) is 0 Å². The minimum atomic E-state index is -0.101. The van der Waals surface area contributed by atoms with Crippen molar-refractivity contribution in [1.29, 1.82) is 0 Å². The standard InChI is InChI=1S/C21H21N3O4/c1-3-19(26)23-17-6-7-27-21-15(9-22-10-16(17)21)13-4-5-18-14(8-13)12-28-20(11-25)24(18)2/h4-5,8-10,17H,3,6-7,12H2,1-2H3,(H,23,26)/t17-/m1/s1. The first kappa shape index (κ1) is 18.1. The molecule has 2 aromatic rings. The summed E-state index contributed by atoms with van der Waals surface area (Å²) in [7, 11) is 1.77. The SMILES string of the molecule is CCC(=O)N[C@@H]1CCOc2c(-c3ccc4c(c3)COC(=C=O)N4C)cncc21. The maximum Gasteiger partial charge on any atom is 0.282 e. The molecule has 1 N–H and O–H groups in total. The highest BCUT2D eigenvalue weighted by Gasteiger charge is 2.27. The number of benzene rings is 1. The lowest BCUT2D eigenvalue weighted by Crippen LogP contribution is -2.31. The van der Waals surface area contributed by atoms with Gasteiger partial charge in [-0.2, -0.15) is 0 Å². The van der Waals surface area contributed by atoms with Crippen LogP contribution in [0.25, 0.3) is 11.1 Å². The number of carbonyl (C=O) groups is 1. The quantitative estimate of drug-likeness (QED) is 0.826. The lowest BCUT2D eigenvalue weighted by Gasteiger charge is -2.29. The predicted molar refractivity (Wildman–Crippen MR) is 103 cm³/mol. The molecule has 0 aliphatic carbocycles. The highest BCUT2D eigenvalue weighted by Crippen LogP contribution is 2.41. The van der Waals surface area contributed by atoms with Crippen molar-refractivity contribution in [3.05, 3.63) is 47.6 Å². The summed E-state index contributed by atoms with van der Waals surface area (Å²) in [5, 5.41) is 3.05. The van der Waals surface area contributed by atoms with E-state index in [1.165, 1.54) is 0 Å². The van der Waals surface area contributed by atoms with E-state index in [1.54, 1.807) is 24.3 Å². The largest absolute Gasteiger partial charge is 0.492 e. The van der Waals surface area contributed by atoms with E-state index in [2.05, 4.69) is 10.3 Å². The first-order valence-electron chi connectivity index (χ1n) is 9.27. The Labute approximate surface area is 163 Å². The molecule has 0 unspecified atom stereocenters. The van der Waals surface area contributed by atoms with Crippen LogP contribution in [0.15, 0.2) is 36.5 Å². The van der Waals surface area contributed by atoms with Crippen molar-refractivity contribution in [2.75, 3.05) is 18.6 Å². The Hall–Kier alpha value is -3.31. The number of nitrogens with zero attached hydrogens (tertiary/aromatic N) is 2. The minimum Gasteiger partial charge on any atom is -0.492 e. The molecule has 0 saturated heterocycles. The van der Waals surface area contributed by atoms with Gasteiger partial charge in [0.25, 0.3) is 5.88 Å². The van der Waals surface area contributed by atoms with E-state index in [0.29, 0.717) is 26.1 Å². The number of fused-ring (bicyclic) bond motifs is 2. The van der Waals surface area contributed by atoms with E-state index in [1.807, 2.05) is 31.1 Å². The van der Waals surface area contributed by atoms with Crippen LogP contribution in [0.1, 0.15) is 36.9 Å². The molecule has 3 heterocycles. The molecule has 2 aliphatic heterocycles. The number of rotatable bonds is 3. The smallest absolute Gasteiger partial charge is 0.282 e. The van der Waals surface area contributed by atoms with E-state index in [0.717, 1.165) is 33.7 Å². The Balaban J connectivity index is 1.72. The van der Waals surface area contributed by atoms with Gasteiger partial charge in [-0.25, -0.2) is 4.79 Å².